The number of esters is 1. The molecule has 0 aliphatic rings. The summed E-state index contributed by atoms with van der Waals surface area (Å²) < 4.78 is 5.73. The molecule has 0 atom stereocenters. The zero-order chi connectivity index (χ0) is 15.8. The van der Waals surface area contributed by atoms with Crippen LogP contribution in [0.25, 0.3) is 0 Å². The molecule has 4 nitrogen and oxygen atoms in total. The van der Waals surface area contributed by atoms with Crippen LogP contribution in [0.5, 0.6) is 0 Å². The summed E-state index contributed by atoms with van der Waals surface area (Å²) in [5.74, 6) is 0.267. The second-order valence-electron chi connectivity index (χ2n) is 4.26. The van der Waals surface area contributed by atoms with Crippen molar-refractivity contribution in [2.45, 2.75) is 5.75 Å². The molecule has 0 unspecified atom stereocenters. The van der Waals surface area contributed by atoms with Crippen LogP contribution in [-0.2, 0) is 20.1 Å². The fourth-order valence-corrected chi connectivity index (χ4v) is 3.61. The molecule has 1 aromatic heterocycles. The summed E-state index contributed by atoms with van der Waals surface area (Å²) in [5.41, 5.74) is 0.649. The SMILES string of the molecule is O=C(COC(=O)CSCc1cccs1)Nc1ccccc1Br. The van der Waals surface area contributed by atoms with Gasteiger partial charge in [-0.15, -0.1) is 23.1 Å². The van der Waals surface area contributed by atoms with Gasteiger partial charge in [0.1, 0.15) is 0 Å². The molecule has 7 heteroatoms. The molecule has 2 rings (SSSR count). The van der Waals surface area contributed by atoms with Gasteiger partial charge >= 0.3 is 5.97 Å². The summed E-state index contributed by atoms with van der Waals surface area (Å²) in [6.45, 7) is -0.278. The van der Waals surface area contributed by atoms with E-state index in [1.807, 2.05) is 35.7 Å². The fourth-order valence-electron chi connectivity index (χ4n) is 1.57. The Morgan fingerprint density at radius 3 is 2.77 bits per heavy atom. The van der Waals surface area contributed by atoms with Gasteiger partial charge in [0.25, 0.3) is 5.91 Å². The molecule has 1 aromatic carbocycles. The number of carbonyl (C=O) groups is 2. The van der Waals surface area contributed by atoms with E-state index in [-0.39, 0.29) is 24.2 Å². The van der Waals surface area contributed by atoms with Crippen LogP contribution >= 0.6 is 39.0 Å². The first kappa shape index (κ1) is 17.1. The number of hydrogen-bond acceptors (Lipinski definition) is 5. The number of ether oxygens (including phenoxy) is 1. The molecule has 1 amide bonds. The number of para-hydroxylation sites is 1. The summed E-state index contributed by atoms with van der Waals surface area (Å²) in [4.78, 5) is 24.5. The van der Waals surface area contributed by atoms with E-state index in [0.717, 1.165) is 10.2 Å². The number of benzene rings is 1. The van der Waals surface area contributed by atoms with Crippen LogP contribution in [0.15, 0.2) is 46.3 Å². The Balaban J connectivity index is 1.65. The van der Waals surface area contributed by atoms with Gasteiger partial charge in [0.15, 0.2) is 6.61 Å². The zero-order valence-corrected chi connectivity index (χ0v) is 14.8. The molecule has 22 heavy (non-hydrogen) atoms. The van der Waals surface area contributed by atoms with Gasteiger partial charge in [-0.25, -0.2) is 0 Å². The average molecular weight is 400 g/mol. The third-order valence-electron chi connectivity index (χ3n) is 2.56. The predicted octanol–water partition coefficient (Wildman–Crippen LogP) is 3.93. The summed E-state index contributed by atoms with van der Waals surface area (Å²) in [6.07, 6.45) is 0. The lowest BCUT2D eigenvalue weighted by Crippen LogP contribution is -2.21. The Hall–Kier alpha value is -1.31. The maximum atomic E-state index is 11.7. The first-order valence-corrected chi connectivity index (χ1v) is 9.28. The molecule has 1 N–H and O–H groups in total. The van der Waals surface area contributed by atoms with Gasteiger partial charge in [0, 0.05) is 15.1 Å². The Labute approximate surface area is 145 Å². The molecule has 0 radical (unpaired) electrons. The lowest BCUT2D eigenvalue weighted by molar-refractivity contribution is -0.144. The van der Waals surface area contributed by atoms with E-state index in [1.54, 1.807) is 17.4 Å². The molecule has 0 aliphatic carbocycles. The molecule has 1 heterocycles. The third-order valence-corrected chi connectivity index (χ3v) is 5.26. The Bertz CT molecular complexity index is 631. The first-order valence-electron chi connectivity index (χ1n) is 6.45. The monoisotopic (exact) mass is 399 g/mol. The number of amides is 1. The molecule has 0 fully saturated rings. The van der Waals surface area contributed by atoms with Crippen molar-refractivity contribution in [2.75, 3.05) is 17.7 Å². The Morgan fingerprint density at radius 1 is 1.23 bits per heavy atom. The minimum absolute atomic E-state index is 0.236. The van der Waals surface area contributed by atoms with Gasteiger partial charge in [-0.05, 0) is 39.5 Å². The fraction of sp³-hybridized carbons (Fsp3) is 0.200. The van der Waals surface area contributed by atoms with Crippen LogP contribution in [0.4, 0.5) is 5.69 Å². The van der Waals surface area contributed by atoms with E-state index in [0.29, 0.717) is 5.69 Å². The lowest BCUT2D eigenvalue weighted by atomic mass is 10.3. The first-order chi connectivity index (χ1) is 10.6. The Morgan fingerprint density at radius 2 is 2.05 bits per heavy atom. The molecule has 2 aromatic rings. The van der Waals surface area contributed by atoms with Gasteiger partial charge in [-0.1, -0.05) is 18.2 Å². The molecular weight excluding hydrogens is 386 g/mol. The van der Waals surface area contributed by atoms with Crippen molar-refractivity contribution in [1.29, 1.82) is 0 Å². The topological polar surface area (TPSA) is 55.4 Å². The maximum Gasteiger partial charge on any atom is 0.316 e. The van der Waals surface area contributed by atoms with Gasteiger partial charge in [-0.2, -0.15) is 0 Å². The second kappa shape index (κ2) is 8.97. The summed E-state index contributed by atoms with van der Waals surface area (Å²) in [6, 6.07) is 11.3. The van der Waals surface area contributed by atoms with Crippen LogP contribution in [-0.4, -0.2) is 24.2 Å². The molecule has 0 aliphatic heterocycles. The number of anilines is 1. The third kappa shape index (κ3) is 5.82. The zero-order valence-electron chi connectivity index (χ0n) is 11.6. The van der Waals surface area contributed by atoms with E-state index in [1.165, 1.54) is 16.6 Å². The molecule has 0 bridgehead atoms. The van der Waals surface area contributed by atoms with Crippen LogP contribution in [0, 0.1) is 0 Å². The van der Waals surface area contributed by atoms with Gasteiger partial charge in [0.2, 0.25) is 0 Å². The number of hydrogen-bond donors (Lipinski definition) is 1. The quantitative estimate of drug-likeness (QED) is 0.716. The Kier molecular flexibility index (Phi) is 6.95. The van der Waals surface area contributed by atoms with Gasteiger partial charge in [0.05, 0.1) is 11.4 Å². The number of rotatable bonds is 7. The highest BCUT2D eigenvalue weighted by Crippen LogP contribution is 2.21. The van der Waals surface area contributed by atoms with E-state index >= 15 is 0 Å². The molecule has 0 saturated carbocycles. The number of thiophene rings is 1. The van der Waals surface area contributed by atoms with Crippen molar-refractivity contribution in [3.05, 3.63) is 51.1 Å². The highest BCUT2D eigenvalue weighted by Gasteiger charge is 2.09. The van der Waals surface area contributed by atoms with Crippen molar-refractivity contribution in [2.24, 2.45) is 0 Å². The number of carbonyl (C=O) groups excluding carboxylic acids is 2. The average Bonchev–Trinajstić information content (AvgIpc) is 3.01. The molecule has 0 saturated heterocycles. The normalized spacial score (nSPS) is 10.2. The van der Waals surface area contributed by atoms with Crippen molar-refractivity contribution < 1.29 is 14.3 Å². The molecule has 0 spiro atoms. The minimum Gasteiger partial charge on any atom is -0.455 e. The van der Waals surface area contributed by atoms with Gasteiger partial charge < -0.3 is 10.1 Å². The van der Waals surface area contributed by atoms with Crippen LogP contribution < -0.4 is 5.32 Å². The summed E-state index contributed by atoms with van der Waals surface area (Å²) in [7, 11) is 0. The van der Waals surface area contributed by atoms with E-state index in [2.05, 4.69) is 21.2 Å². The highest BCUT2D eigenvalue weighted by molar-refractivity contribution is 9.10. The van der Waals surface area contributed by atoms with E-state index < -0.39 is 0 Å². The number of halogens is 1. The van der Waals surface area contributed by atoms with E-state index in [4.69, 9.17) is 4.74 Å². The lowest BCUT2D eigenvalue weighted by Gasteiger charge is -2.07. The predicted molar refractivity (Wildman–Crippen MR) is 94.2 cm³/mol. The smallest absolute Gasteiger partial charge is 0.316 e. The molecular formula is C15H14BrNO3S2. The maximum absolute atomic E-state index is 11.7. The highest BCUT2D eigenvalue weighted by atomic mass is 79.9. The standard InChI is InChI=1S/C15H14BrNO3S2/c16-12-5-1-2-6-13(12)17-14(18)8-20-15(19)10-21-9-11-4-3-7-22-11/h1-7H,8-10H2,(H,17,18). The van der Waals surface area contributed by atoms with Crippen LogP contribution in [0.3, 0.4) is 0 Å². The summed E-state index contributed by atoms with van der Waals surface area (Å²) in [5, 5.41) is 4.68. The van der Waals surface area contributed by atoms with Gasteiger partial charge in [-0.3, -0.25) is 9.59 Å². The largest absolute Gasteiger partial charge is 0.455 e. The van der Waals surface area contributed by atoms with Crippen LogP contribution in [0.1, 0.15) is 4.88 Å². The second-order valence-corrected chi connectivity index (χ2v) is 7.13. The minimum atomic E-state index is -0.385. The van der Waals surface area contributed by atoms with Crippen molar-refractivity contribution in [3.63, 3.8) is 0 Å². The van der Waals surface area contributed by atoms with Crippen molar-refractivity contribution >= 4 is 56.6 Å². The molecule has 116 valence electrons. The van der Waals surface area contributed by atoms with E-state index in [9.17, 15) is 9.59 Å². The number of nitrogens with one attached hydrogen (secondary N) is 1. The van der Waals surface area contributed by atoms with Crippen molar-refractivity contribution in [3.8, 4) is 0 Å². The van der Waals surface area contributed by atoms with Crippen LogP contribution in [0.2, 0.25) is 0 Å². The number of thioether (sulfide) groups is 1. The summed E-state index contributed by atoms with van der Waals surface area (Å²) >= 11 is 6.46. The van der Waals surface area contributed by atoms with Crippen molar-refractivity contribution in [1.82, 2.24) is 0 Å².